The van der Waals surface area contributed by atoms with E-state index in [-0.39, 0.29) is 46.1 Å². The Bertz CT molecular complexity index is 1880. The Balaban J connectivity index is 1.02. The van der Waals surface area contributed by atoms with E-state index in [0.29, 0.717) is 69.8 Å². The topological polar surface area (TPSA) is 222 Å². The number of carbonyl (C=O) groups is 3. The lowest BCUT2D eigenvalue weighted by Gasteiger charge is -2.54. The Morgan fingerprint density at radius 1 is 1.04 bits per heavy atom. The fraction of sp³-hybridized carbons (Fsp3) is 0.625. The molecule has 1 aliphatic heterocycles. The number of aromatic amines is 1. The average Bonchev–Trinajstić information content (AvgIpc) is 3.47. The summed E-state index contributed by atoms with van der Waals surface area (Å²) in [5.74, 6) is -0.912. The van der Waals surface area contributed by atoms with Crippen molar-refractivity contribution in [3.8, 4) is 0 Å². The molecule has 4 aliphatic carbocycles. The molecule has 8 rings (SSSR count). The molecule has 0 radical (unpaired) electrons. The molecule has 0 spiro atoms. The van der Waals surface area contributed by atoms with Gasteiger partial charge in [0.1, 0.15) is 22.8 Å². The van der Waals surface area contributed by atoms with Gasteiger partial charge in [0.25, 0.3) is 28.4 Å². The number of fused-ring (bicyclic) bond motifs is 5. The number of nitrogens with one attached hydrogen (secondary N) is 3. The van der Waals surface area contributed by atoms with Crippen LogP contribution in [0.5, 0.6) is 0 Å². The van der Waals surface area contributed by atoms with E-state index in [9.17, 15) is 33.9 Å². The molecule has 15 heteroatoms. The number of carboxylic acid groups (broad SMARTS) is 1. The van der Waals surface area contributed by atoms with E-state index in [0.717, 1.165) is 30.1 Å². The largest absolute Gasteiger partial charge is 0.481 e. The second-order valence-corrected chi connectivity index (χ2v) is 14.4. The van der Waals surface area contributed by atoms with Crippen molar-refractivity contribution in [2.24, 2.45) is 28.6 Å². The molecule has 1 aromatic carbocycles. The van der Waals surface area contributed by atoms with Crippen molar-refractivity contribution in [1.82, 2.24) is 30.2 Å². The highest BCUT2D eigenvalue weighted by atomic mass is 16.4. The van der Waals surface area contributed by atoms with Gasteiger partial charge in [-0.3, -0.25) is 24.0 Å². The normalized spacial score (nSPS) is 29.4. The first kappa shape index (κ1) is 31.1. The number of hydrogen-bond acceptors (Lipinski definition) is 10. The number of aliphatic carboxylic acids is 1. The van der Waals surface area contributed by atoms with Crippen LogP contribution in [0.1, 0.15) is 92.1 Å². The molecule has 1 saturated heterocycles. The summed E-state index contributed by atoms with van der Waals surface area (Å²) in [5, 5.41) is 21.9. The molecule has 6 N–H and O–H groups in total. The van der Waals surface area contributed by atoms with Crippen molar-refractivity contribution >= 4 is 34.9 Å². The number of carbonyl (C=O) groups excluding carboxylic acids is 2. The molecule has 250 valence electrons. The third kappa shape index (κ3) is 5.10. The number of H-pyrrole nitrogens is 1. The second-order valence-electron chi connectivity index (χ2n) is 14.4. The van der Waals surface area contributed by atoms with Gasteiger partial charge in [-0.15, -0.1) is 5.10 Å². The van der Waals surface area contributed by atoms with E-state index < -0.39 is 39.7 Å². The van der Waals surface area contributed by atoms with Crippen molar-refractivity contribution < 1.29 is 19.5 Å². The number of piperidine rings is 1. The summed E-state index contributed by atoms with van der Waals surface area (Å²) in [6.07, 6.45) is 7.53. The van der Waals surface area contributed by atoms with Crippen LogP contribution in [0.4, 0.5) is 11.4 Å². The molecule has 2 amide bonds. The fourth-order valence-corrected chi connectivity index (χ4v) is 8.96. The van der Waals surface area contributed by atoms with Crippen molar-refractivity contribution in [2.45, 2.75) is 77.2 Å². The highest BCUT2D eigenvalue weighted by Gasteiger charge is 2.54. The lowest BCUT2D eigenvalue weighted by molar-refractivity contribution is -0.159. The Morgan fingerprint density at radius 2 is 1.77 bits per heavy atom. The Labute approximate surface area is 269 Å². The van der Waals surface area contributed by atoms with Crippen molar-refractivity contribution in [2.75, 3.05) is 30.3 Å². The molecule has 3 aromatic rings. The number of nitrogens with zero attached hydrogens (tertiary/aromatic N) is 4. The van der Waals surface area contributed by atoms with Crippen LogP contribution in [0.2, 0.25) is 0 Å². The van der Waals surface area contributed by atoms with E-state index in [1.807, 2.05) is 11.8 Å². The molecule has 3 heterocycles. The summed E-state index contributed by atoms with van der Waals surface area (Å²) < 4.78 is 1.05. The third-order valence-electron chi connectivity index (χ3n) is 12.1. The van der Waals surface area contributed by atoms with Crippen LogP contribution in [-0.4, -0.2) is 68.1 Å². The van der Waals surface area contributed by atoms with Crippen LogP contribution < -0.4 is 37.8 Å². The fourth-order valence-electron chi connectivity index (χ4n) is 8.96. The Morgan fingerprint density at radius 3 is 2.45 bits per heavy atom. The summed E-state index contributed by atoms with van der Waals surface area (Å²) >= 11 is 0. The first-order chi connectivity index (χ1) is 22.4. The number of rotatable bonds is 8. The van der Waals surface area contributed by atoms with E-state index in [4.69, 9.17) is 5.73 Å². The number of aromatic nitrogens is 4. The summed E-state index contributed by atoms with van der Waals surface area (Å²) in [4.78, 5) is 81.4. The molecule has 5 fully saturated rings. The number of nitrogen functional groups attached to an aromatic ring is 1. The Hall–Kier alpha value is -4.56. The zero-order valence-electron chi connectivity index (χ0n) is 26.3. The lowest BCUT2D eigenvalue weighted by Crippen LogP contribution is -2.54. The number of anilines is 2. The predicted octanol–water partition coefficient (Wildman–Crippen LogP) is 0.812. The van der Waals surface area contributed by atoms with Gasteiger partial charge in [0, 0.05) is 25.7 Å². The summed E-state index contributed by atoms with van der Waals surface area (Å²) in [6, 6.07) is 1.06. The summed E-state index contributed by atoms with van der Waals surface area (Å²) in [6.45, 7) is 3.62. The maximum atomic E-state index is 13.5. The lowest BCUT2D eigenvalue weighted by atomic mass is 9.52. The van der Waals surface area contributed by atoms with E-state index >= 15 is 0 Å². The third-order valence-corrected chi connectivity index (χ3v) is 12.1. The van der Waals surface area contributed by atoms with Gasteiger partial charge in [-0.05, 0) is 100 Å². The molecule has 15 nitrogen and oxygen atoms in total. The van der Waals surface area contributed by atoms with Gasteiger partial charge in [-0.2, -0.15) is 0 Å². The predicted molar refractivity (Wildman–Crippen MR) is 170 cm³/mol. The minimum absolute atomic E-state index is 0.0446. The number of hydrogen-bond donors (Lipinski definition) is 5. The zero-order valence-corrected chi connectivity index (χ0v) is 26.3. The number of amides is 2. The van der Waals surface area contributed by atoms with E-state index in [1.165, 1.54) is 6.07 Å². The molecule has 4 atom stereocenters. The van der Waals surface area contributed by atoms with Gasteiger partial charge in [-0.25, -0.2) is 19.3 Å². The average molecular weight is 649 g/mol. The van der Waals surface area contributed by atoms with Crippen LogP contribution in [0, 0.1) is 28.6 Å². The van der Waals surface area contributed by atoms with Crippen molar-refractivity contribution in [3.63, 3.8) is 0 Å². The number of nitrogens with two attached hydrogens (primary N) is 1. The smallest absolute Gasteiger partial charge is 0.349 e. The number of carboxylic acids is 1. The minimum Gasteiger partial charge on any atom is -0.481 e. The first-order valence-corrected chi connectivity index (χ1v) is 16.6. The zero-order chi connectivity index (χ0) is 33.2. The van der Waals surface area contributed by atoms with Gasteiger partial charge in [0.2, 0.25) is 0 Å². The summed E-state index contributed by atoms with van der Waals surface area (Å²) in [5.41, 5.74) is 3.45. The highest BCUT2D eigenvalue weighted by Crippen LogP contribution is 2.58. The van der Waals surface area contributed by atoms with E-state index in [2.05, 4.69) is 25.8 Å². The molecule has 5 aliphatic rings. The standard InChI is InChI=1S/C32H40N8O7/c1-16(31-5-8-32(9-6-31,10-7-31)28(45)46)35-26(43)20-13-21(40-29(36-20)37-38-30(40)47)27(44)34-14-17-2-3-18-4-11-39(15-19(18)12-17)23-22(33)24(41)25(23)42/h13,16-19H,2-12,14-15,33H2,1H3,(H,34,44)(H,35,43)(H,38,47)(H,45,46). The van der Waals surface area contributed by atoms with Crippen LogP contribution in [-0.2, 0) is 4.79 Å². The quantitative estimate of drug-likeness (QED) is 0.215. The van der Waals surface area contributed by atoms with Crippen molar-refractivity contribution in [1.29, 1.82) is 0 Å². The van der Waals surface area contributed by atoms with Gasteiger partial charge in [0.05, 0.1) is 5.41 Å². The molecule has 2 bridgehead atoms. The molecule has 4 saturated carbocycles. The summed E-state index contributed by atoms with van der Waals surface area (Å²) in [7, 11) is 0. The molecule has 2 aromatic heterocycles. The molecule has 47 heavy (non-hydrogen) atoms. The van der Waals surface area contributed by atoms with Crippen molar-refractivity contribution in [3.05, 3.63) is 48.4 Å². The van der Waals surface area contributed by atoms with Crippen LogP contribution in [0.15, 0.2) is 20.4 Å². The SMILES string of the molecule is CC(NC(=O)c1cc(C(=O)NCC2CCC3CCN(c4c(N)c(=O)c4=O)CC3C2)n2c(=O)[nH]nc2n1)C12CCC(C(=O)O)(CC1)CC2. The maximum absolute atomic E-state index is 13.5. The van der Waals surface area contributed by atoms with Crippen LogP contribution >= 0.6 is 0 Å². The van der Waals surface area contributed by atoms with Gasteiger partial charge in [-0.1, -0.05) is 0 Å². The molecular weight excluding hydrogens is 608 g/mol. The Kier molecular flexibility index (Phi) is 7.47. The molecular formula is C32H40N8O7. The minimum atomic E-state index is -0.739. The van der Waals surface area contributed by atoms with E-state index in [1.54, 1.807) is 0 Å². The second kappa shape index (κ2) is 11.3. The maximum Gasteiger partial charge on any atom is 0.349 e. The van der Waals surface area contributed by atoms with Crippen LogP contribution in [0.25, 0.3) is 5.78 Å². The highest BCUT2D eigenvalue weighted by molar-refractivity contribution is 5.98. The molecule has 4 unspecified atom stereocenters. The van der Waals surface area contributed by atoms with Gasteiger partial charge >= 0.3 is 11.7 Å². The van der Waals surface area contributed by atoms with Gasteiger partial charge in [0.15, 0.2) is 0 Å². The van der Waals surface area contributed by atoms with Gasteiger partial charge < -0.3 is 26.4 Å². The van der Waals surface area contributed by atoms with Crippen LogP contribution in [0.3, 0.4) is 0 Å². The monoisotopic (exact) mass is 648 g/mol. The first-order valence-electron chi connectivity index (χ1n) is 16.6.